The zero-order valence-corrected chi connectivity index (χ0v) is 9.38. The molecule has 0 saturated heterocycles. The Kier molecular flexibility index (Phi) is 2.98. The van der Waals surface area contributed by atoms with Gasteiger partial charge in [-0.1, -0.05) is 0 Å². The van der Waals surface area contributed by atoms with Gasteiger partial charge in [-0.3, -0.25) is 4.79 Å². The highest BCUT2D eigenvalue weighted by Gasteiger charge is 2.34. The van der Waals surface area contributed by atoms with Gasteiger partial charge in [0.15, 0.2) is 0 Å². The second-order valence-corrected chi connectivity index (χ2v) is 4.59. The lowest BCUT2D eigenvalue weighted by atomic mass is 10.2. The number of rotatable bonds is 3. The van der Waals surface area contributed by atoms with Crippen LogP contribution in [0.1, 0.15) is 16.8 Å². The minimum Gasteiger partial charge on any atom is -0.348 e. The third kappa shape index (κ3) is 2.52. The first-order valence-electron chi connectivity index (χ1n) is 4.91. The predicted octanol–water partition coefficient (Wildman–Crippen LogP) is 1.24. The van der Waals surface area contributed by atoms with Gasteiger partial charge in [-0.2, -0.15) is 0 Å². The van der Waals surface area contributed by atoms with Crippen LogP contribution in [0, 0.1) is 0 Å². The van der Waals surface area contributed by atoms with E-state index in [-0.39, 0.29) is 18.0 Å². The Bertz CT molecular complexity index is 363. The molecule has 1 fully saturated rings. The molecule has 1 aromatic rings. The number of amides is 1. The van der Waals surface area contributed by atoms with Gasteiger partial charge in [0, 0.05) is 22.5 Å². The van der Waals surface area contributed by atoms with Crippen molar-refractivity contribution in [2.75, 3.05) is 6.26 Å². The van der Waals surface area contributed by atoms with E-state index in [1.165, 1.54) is 0 Å². The highest BCUT2D eigenvalue weighted by atomic mass is 32.2. The molecule has 4 heteroatoms. The Morgan fingerprint density at radius 2 is 2.07 bits per heavy atom. The smallest absolute Gasteiger partial charge is 0.251 e. The Morgan fingerprint density at radius 1 is 1.47 bits per heavy atom. The maximum absolute atomic E-state index is 11.7. The van der Waals surface area contributed by atoms with Crippen molar-refractivity contribution in [2.24, 2.45) is 5.73 Å². The fourth-order valence-electron chi connectivity index (χ4n) is 1.37. The molecule has 3 nitrogen and oxygen atoms in total. The molecule has 0 spiro atoms. The quantitative estimate of drug-likeness (QED) is 0.756. The molecule has 0 bridgehead atoms. The van der Waals surface area contributed by atoms with E-state index in [0.717, 1.165) is 11.3 Å². The van der Waals surface area contributed by atoms with Gasteiger partial charge in [0.2, 0.25) is 0 Å². The Balaban J connectivity index is 1.99. The molecule has 1 amide bonds. The zero-order valence-electron chi connectivity index (χ0n) is 8.57. The van der Waals surface area contributed by atoms with Crippen LogP contribution in [0.4, 0.5) is 0 Å². The average Bonchev–Trinajstić information content (AvgIpc) is 2.94. The summed E-state index contributed by atoms with van der Waals surface area (Å²) in [5.74, 6) is -0.0272. The van der Waals surface area contributed by atoms with Crippen molar-refractivity contribution in [3.63, 3.8) is 0 Å². The maximum Gasteiger partial charge on any atom is 0.251 e. The van der Waals surface area contributed by atoms with Crippen molar-refractivity contribution in [1.82, 2.24) is 5.32 Å². The molecule has 0 aliphatic heterocycles. The van der Waals surface area contributed by atoms with Gasteiger partial charge in [-0.05, 0) is 36.9 Å². The van der Waals surface area contributed by atoms with Crippen molar-refractivity contribution in [1.29, 1.82) is 0 Å². The van der Waals surface area contributed by atoms with E-state index in [2.05, 4.69) is 5.32 Å². The number of benzene rings is 1. The molecule has 1 saturated carbocycles. The highest BCUT2D eigenvalue weighted by Crippen LogP contribution is 2.19. The van der Waals surface area contributed by atoms with E-state index in [0.29, 0.717) is 5.56 Å². The molecule has 1 aliphatic rings. The number of nitrogens with one attached hydrogen (secondary N) is 1. The van der Waals surface area contributed by atoms with Crippen LogP contribution in [-0.4, -0.2) is 24.2 Å². The average molecular weight is 222 g/mol. The fraction of sp³-hybridized carbons (Fsp3) is 0.364. The summed E-state index contributed by atoms with van der Waals surface area (Å²) in [6.07, 6.45) is 2.91. The third-order valence-electron chi connectivity index (χ3n) is 2.51. The number of carbonyl (C=O) groups excluding carboxylic acids is 1. The molecule has 2 atom stereocenters. The van der Waals surface area contributed by atoms with Crippen molar-refractivity contribution < 1.29 is 4.79 Å². The van der Waals surface area contributed by atoms with Gasteiger partial charge in [0.05, 0.1) is 0 Å². The number of carbonyl (C=O) groups is 1. The van der Waals surface area contributed by atoms with E-state index in [1.807, 2.05) is 30.5 Å². The van der Waals surface area contributed by atoms with Gasteiger partial charge in [0.1, 0.15) is 0 Å². The number of hydrogen-bond donors (Lipinski definition) is 2. The van der Waals surface area contributed by atoms with E-state index in [9.17, 15) is 4.79 Å². The van der Waals surface area contributed by atoms with Crippen LogP contribution in [0.5, 0.6) is 0 Å². The second-order valence-electron chi connectivity index (χ2n) is 3.71. The molecule has 0 aromatic heterocycles. The molecule has 2 unspecified atom stereocenters. The Morgan fingerprint density at radius 3 is 2.53 bits per heavy atom. The van der Waals surface area contributed by atoms with Crippen molar-refractivity contribution in [2.45, 2.75) is 23.4 Å². The molecule has 1 aliphatic carbocycles. The van der Waals surface area contributed by atoms with Crippen LogP contribution in [0.2, 0.25) is 0 Å². The SMILES string of the molecule is CSc1ccc(C(=O)NC2CC2N)cc1. The van der Waals surface area contributed by atoms with Gasteiger partial charge in [0.25, 0.3) is 5.91 Å². The lowest BCUT2D eigenvalue weighted by Crippen LogP contribution is -2.29. The third-order valence-corrected chi connectivity index (χ3v) is 3.25. The summed E-state index contributed by atoms with van der Waals surface area (Å²) in [4.78, 5) is 12.8. The summed E-state index contributed by atoms with van der Waals surface area (Å²) in [6.45, 7) is 0. The standard InChI is InChI=1S/C11H14N2OS/c1-15-8-4-2-7(3-5-8)11(14)13-10-6-9(10)12/h2-5,9-10H,6,12H2,1H3,(H,13,14). The van der Waals surface area contributed by atoms with Crippen molar-refractivity contribution in [3.05, 3.63) is 29.8 Å². The van der Waals surface area contributed by atoms with Crippen LogP contribution >= 0.6 is 11.8 Å². The molecular formula is C11H14N2OS. The van der Waals surface area contributed by atoms with Crippen LogP contribution < -0.4 is 11.1 Å². The largest absolute Gasteiger partial charge is 0.348 e. The molecule has 0 radical (unpaired) electrons. The Hall–Kier alpha value is -1.00. The molecule has 15 heavy (non-hydrogen) atoms. The van der Waals surface area contributed by atoms with E-state index in [4.69, 9.17) is 5.73 Å². The highest BCUT2D eigenvalue weighted by molar-refractivity contribution is 7.98. The van der Waals surface area contributed by atoms with Crippen LogP contribution in [0.15, 0.2) is 29.2 Å². The molecule has 0 heterocycles. The summed E-state index contributed by atoms with van der Waals surface area (Å²) >= 11 is 1.66. The van der Waals surface area contributed by atoms with Crippen molar-refractivity contribution >= 4 is 17.7 Å². The number of thioether (sulfide) groups is 1. The molecular weight excluding hydrogens is 208 g/mol. The fourth-order valence-corrected chi connectivity index (χ4v) is 1.78. The van der Waals surface area contributed by atoms with Gasteiger partial charge in [-0.25, -0.2) is 0 Å². The zero-order chi connectivity index (χ0) is 10.8. The number of nitrogens with two attached hydrogens (primary N) is 1. The second kappa shape index (κ2) is 4.24. The Labute approximate surface area is 93.4 Å². The molecule has 3 N–H and O–H groups in total. The summed E-state index contributed by atoms with van der Waals surface area (Å²) in [6, 6.07) is 7.92. The van der Waals surface area contributed by atoms with Crippen LogP contribution in [-0.2, 0) is 0 Å². The van der Waals surface area contributed by atoms with E-state index < -0.39 is 0 Å². The summed E-state index contributed by atoms with van der Waals surface area (Å²) in [5, 5.41) is 2.89. The normalized spacial score (nSPS) is 23.6. The summed E-state index contributed by atoms with van der Waals surface area (Å²) in [5.41, 5.74) is 6.32. The topological polar surface area (TPSA) is 55.1 Å². The van der Waals surface area contributed by atoms with Gasteiger partial charge >= 0.3 is 0 Å². The first kappa shape index (κ1) is 10.5. The summed E-state index contributed by atoms with van der Waals surface area (Å²) < 4.78 is 0. The number of hydrogen-bond acceptors (Lipinski definition) is 3. The van der Waals surface area contributed by atoms with Crippen molar-refractivity contribution in [3.8, 4) is 0 Å². The lowest BCUT2D eigenvalue weighted by molar-refractivity contribution is 0.0950. The predicted molar refractivity (Wildman–Crippen MR) is 62.1 cm³/mol. The van der Waals surface area contributed by atoms with Crippen LogP contribution in [0.3, 0.4) is 0 Å². The lowest BCUT2D eigenvalue weighted by Gasteiger charge is -2.04. The molecule has 1 aromatic carbocycles. The van der Waals surface area contributed by atoms with Gasteiger partial charge < -0.3 is 11.1 Å². The van der Waals surface area contributed by atoms with E-state index >= 15 is 0 Å². The minimum absolute atomic E-state index is 0.0272. The molecule has 2 rings (SSSR count). The van der Waals surface area contributed by atoms with Gasteiger partial charge in [-0.15, -0.1) is 11.8 Å². The monoisotopic (exact) mass is 222 g/mol. The first-order valence-corrected chi connectivity index (χ1v) is 6.13. The van der Waals surface area contributed by atoms with E-state index in [1.54, 1.807) is 11.8 Å². The minimum atomic E-state index is -0.0272. The maximum atomic E-state index is 11.7. The van der Waals surface area contributed by atoms with Crippen LogP contribution in [0.25, 0.3) is 0 Å². The first-order chi connectivity index (χ1) is 7.20. The molecule has 80 valence electrons. The summed E-state index contributed by atoms with van der Waals surface area (Å²) in [7, 11) is 0.